The molecular weight excluding hydrogens is 476 g/mol. The van der Waals surface area contributed by atoms with Crippen LogP contribution in [0.1, 0.15) is 24.4 Å². The average molecular weight is 485 g/mol. The first-order chi connectivity index (χ1) is 9.76. The standard InChI is InChI=1S/C12H9Br3N2O4/c13-8-4-2-1-3-7(8)11(12(14,15)17(20)21)16-9(18)5-6-10(16)19/h1-4,11H,5-6H2. The molecule has 21 heavy (non-hydrogen) atoms. The zero-order valence-electron chi connectivity index (χ0n) is 10.5. The molecule has 1 saturated heterocycles. The van der Waals surface area contributed by atoms with Gasteiger partial charge in [-0.25, -0.2) is 0 Å². The maximum Gasteiger partial charge on any atom is 0.351 e. The lowest BCUT2D eigenvalue weighted by atomic mass is 10.1. The Kier molecular flexibility index (Phi) is 4.84. The second-order valence-corrected chi connectivity index (χ2v) is 8.76. The molecule has 2 rings (SSSR count). The molecule has 1 aromatic carbocycles. The van der Waals surface area contributed by atoms with Gasteiger partial charge in [0.15, 0.2) is 6.04 Å². The van der Waals surface area contributed by atoms with E-state index in [9.17, 15) is 19.7 Å². The fourth-order valence-corrected chi connectivity index (χ4v) is 3.56. The predicted octanol–water partition coefficient (Wildman–Crippen LogP) is 3.36. The Morgan fingerprint density at radius 3 is 2.19 bits per heavy atom. The summed E-state index contributed by atoms with van der Waals surface area (Å²) in [6.07, 6.45) is 0.126. The van der Waals surface area contributed by atoms with Gasteiger partial charge in [0.2, 0.25) is 11.8 Å². The lowest BCUT2D eigenvalue weighted by Gasteiger charge is -2.31. The fraction of sp³-hybridized carbons (Fsp3) is 0.333. The molecule has 0 aliphatic carbocycles. The van der Waals surface area contributed by atoms with Crippen LogP contribution in [0.5, 0.6) is 0 Å². The molecule has 1 heterocycles. The van der Waals surface area contributed by atoms with Gasteiger partial charge in [-0.05, 0) is 11.6 Å². The van der Waals surface area contributed by atoms with Crippen molar-refractivity contribution in [3.8, 4) is 0 Å². The number of nitro groups is 1. The maximum atomic E-state index is 12.0. The van der Waals surface area contributed by atoms with Crippen LogP contribution < -0.4 is 0 Å². The molecule has 2 amide bonds. The highest BCUT2D eigenvalue weighted by molar-refractivity contribution is 9.25. The van der Waals surface area contributed by atoms with Crippen molar-refractivity contribution in [2.75, 3.05) is 0 Å². The number of carbonyl (C=O) groups excluding carboxylic acids is 2. The molecule has 0 spiro atoms. The van der Waals surface area contributed by atoms with Crippen LogP contribution in [0.15, 0.2) is 28.7 Å². The van der Waals surface area contributed by atoms with Crippen molar-refractivity contribution < 1.29 is 14.5 Å². The average Bonchev–Trinajstić information content (AvgIpc) is 2.73. The van der Waals surface area contributed by atoms with Crippen LogP contribution in [-0.4, -0.2) is 25.0 Å². The molecule has 0 N–H and O–H groups in total. The zero-order valence-corrected chi connectivity index (χ0v) is 15.2. The van der Waals surface area contributed by atoms with Crippen LogP contribution in [0, 0.1) is 10.1 Å². The van der Waals surface area contributed by atoms with Crippen LogP contribution >= 0.6 is 47.8 Å². The summed E-state index contributed by atoms with van der Waals surface area (Å²) in [7, 11) is 0. The molecule has 0 aromatic heterocycles. The minimum atomic E-state index is -1.86. The van der Waals surface area contributed by atoms with Crippen molar-refractivity contribution in [3.63, 3.8) is 0 Å². The van der Waals surface area contributed by atoms with Crippen LogP contribution in [0.3, 0.4) is 0 Å². The lowest BCUT2D eigenvalue weighted by molar-refractivity contribution is -0.511. The van der Waals surface area contributed by atoms with Gasteiger partial charge in [-0.3, -0.25) is 24.6 Å². The van der Waals surface area contributed by atoms with Crippen molar-refractivity contribution in [1.82, 2.24) is 4.90 Å². The number of hydrogen-bond acceptors (Lipinski definition) is 4. The number of halogens is 3. The largest absolute Gasteiger partial charge is 0.351 e. The van der Waals surface area contributed by atoms with Crippen LogP contribution in [0.4, 0.5) is 0 Å². The molecule has 1 aliphatic heterocycles. The smallest absolute Gasteiger partial charge is 0.274 e. The molecule has 0 radical (unpaired) electrons. The van der Waals surface area contributed by atoms with Crippen molar-refractivity contribution in [2.45, 2.75) is 22.2 Å². The predicted molar refractivity (Wildman–Crippen MR) is 85.5 cm³/mol. The van der Waals surface area contributed by atoms with E-state index >= 15 is 0 Å². The summed E-state index contributed by atoms with van der Waals surface area (Å²) in [5.74, 6) is -0.850. The second kappa shape index (κ2) is 6.13. The zero-order chi connectivity index (χ0) is 15.8. The molecule has 1 atom stereocenters. The van der Waals surface area contributed by atoms with Crippen molar-refractivity contribution in [1.29, 1.82) is 0 Å². The van der Waals surface area contributed by atoms with Crippen molar-refractivity contribution in [2.24, 2.45) is 0 Å². The highest BCUT2D eigenvalue weighted by Gasteiger charge is 2.54. The first-order valence-corrected chi connectivity index (χ1v) is 8.26. The molecule has 1 unspecified atom stereocenters. The van der Waals surface area contributed by atoms with Crippen LogP contribution in [0.2, 0.25) is 0 Å². The highest BCUT2D eigenvalue weighted by atomic mass is 79.9. The van der Waals surface area contributed by atoms with E-state index in [0.717, 1.165) is 4.90 Å². The first kappa shape index (κ1) is 16.6. The third kappa shape index (κ3) is 3.04. The van der Waals surface area contributed by atoms with E-state index in [1.54, 1.807) is 24.3 Å². The third-order valence-electron chi connectivity index (χ3n) is 3.12. The highest BCUT2D eigenvalue weighted by Crippen LogP contribution is 2.47. The fourth-order valence-electron chi connectivity index (χ4n) is 2.16. The maximum absolute atomic E-state index is 12.0. The Morgan fingerprint density at radius 2 is 1.71 bits per heavy atom. The van der Waals surface area contributed by atoms with Gasteiger partial charge in [-0.15, -0.1) is 0 Å². The molecule has 112 valence electrons. The minimum absolute atomic E-state index is 0.0631. The van der Waals surface area contributed by atoms with E-state index in [4.69, 9.17) is 0 Å². The molecule has 9 heteroatoms. The molecule has 1 aliphatic rings. The summed E-state index contributed by atoms with van der Waals surface area (Å²) in [6, 6.07) is 5.66. The second-order valence-electron chi connectivity index (χ2n) is 4.43. The molecule has 1 fully saturated rings. The number of amides is 2. The molecular formula is C12H9Br3N2O4. The van der Waals surface area contributed by atoms with Crippen molar-refractivity contribution >= 4 is 59.6 Å². The SMILES string of the molecule is O=C1CCC(=O)N1C(c1ccccc1Br)C(Br)(Br)[N+](=O)[O-]. The number of likely N-dealkylation sites (tertiary alicyclic amines) is 1. The third-order valence-corrected chi connectivity index (χ3v) is 5.29. The Balaban J connectivity index is 2.61. The number of benzene rings is 1. The number of carbonyl (C=O) groups is 2. The number of rotatable bonds is 4. The monoisotopic (exact) mass is 482 g/mol. The Bertz CT molecular complexity index is 604. The summed E-state index contributed by atoms with van der Waals surface area (Å²) in [5.41, 5.74) is 0.464. The lowest BCUT2D eigenvalue weighted by Crippen LogP contribution is -2.45. The quantitative estimate of drug-likeness (QED) is 0.216. The van der Waals surface area contributed by atoms with Gasteiger partial charge in [0.05, 0.1) is 4.92 Å². The summed E-state index contributed by atoms with van der Waals surface area (Å²) in [6.45, 7) is 0. The van der Waals surface area contributed by atoms with E-state index in [-0.39, 0.29) is 12.8 Å². The van der Waals surface area contributed by atoms with Gasteiger partial charge < -0.3 is 0 Å². The summed E-state index contributed by atoms with van der Waals surface area (Å²) in [5, 5.41) is 11.4. The number of imide groups is 1. The first-order valence-electron chi connectivity index (χ1n) is 5.88. The minimum Gasteiger partial charge on any atom is -0.274 e. The van der Waals surface area contributed by atoms with Gasteiger partial charge >= 0.3 is 3.36 Å². The molecule has 0 bridgehead atoms. The van der Waals surface area contributed by atoms with Gasteiger partial charge in [0.25, 0.3) is 0 Å². The van der Waals surface area contributed by atoms with E-state index < -0.39 is 26.1 Å². The molecule has 6 nitrogen and oxygen atoms in total. The number of nitrogens with zero attached hydrogens (tertiary/aromatic N) is 2. The van der Waals surface area contributed by atoms with Gasteiger partial charge in [0, 0.05) is 49.2 Å². The number of alkyl halides is 2. The van der Waals surface area contributed by atoms with E-state index in [0.29, 0.717) is 10.0 Å². The van der Waals surface area contributed by atoms with Crippen LogP contribution in [0.25, 0.3) is 0 Å². The number of hydrogen-bond donors (Lipinski definition) is 0. The molecule has 0 saturated carbocycles. The van der Waals surface area contributed by atoms with E-state index in [1.165, 1.54) is 0 Å². The van der Waals surface area contributed by atoms with E-state index in [2.05, 4.69) is 47.8 Å². The summed E-state index contributed by atoms with van der Waals surface area (Å²) < 4.78 is -1.29. The normalized spacial score (nSPS) is 17.2. The molecule has 1 aromatic rings. The van der Waals surface area contributed by atoms with Gasteiger partial charge in [0.1, 0.15) is 0 Å². The summed E-state index contributed by atoms with van der Waals surface area (Å²) >= 11 is 9.31. The van der Waals surface area contributed by atoms with Crippen LogP contribution in [-0.2, 0) is 9.59 Å². The Labute approximate surface area is 145 Å². The van der Waals surface area contributed by atoms with Gasteiger partial charge in [-0.2, -0.15) is 0 Å². The van der Waals surface area contributed by atoms with Gasteiger partial charge in [-0.1, -0.05) is 34.1 Å². The Morgan fingerprint density at radius 1 is 1.19 bits per heavy atom. The summed E-state index contributed by atoms with van der Waals surface area (Å²) in [4.78, 5) is 35.7. The van der Waals surface area contributed by atoms with Crippen molar-refractivity contribution in [3.05, 3.63) is 44.4 Å². The van der Waals surface area contributed by atoms with E-state index in [1.807, 2.05) is 0 Å². The Hall–Kier alpha value is -0.800. The topological polar surface area (TPSA) is 80.5 Å².